The standard InChI is InChI=1S/C34H46N4O5/c1-23(32(42)35-15-14-34(2,3)4)18-29(39)28(19-24-10-6-5-7-11-24)36-33(43)25-20-26(37-16-8-12-30(37)40)22-27(21-25)38-17-9-13-31(38)41/h5-7,10-11,20-23,28-29,39H,8-9,12-19H2,1-4H3,(H,35,42)(H,36,43)/t23-,28+,29+/m1/s1. The fourth-order valence-corrected chi connectivity index (χ4v) is 5.65. The molecular formula is C34H46N4O5. The van der Waals surface area contributed by atoms with E-state index in [2.05, 4.69) is 31.4 Å². The van der Waals surface area contributed by atoms with Gasteiger partial charge in [0.2, 0.25) is 17.7 Å². The summed E-state index contributed by atoms with van der Waals surface area (Å²) in [6, 6.07) is 14.1. The van der Waals surface area contributed by atoms with Gasteiger partial charge in [0.05, 0.1) is 12.1 Å². The summed E-state index contributed by atoms with van der Waals surface area (Å²) < 4.78 is 0. The number of amides is 4. The first kappa shape index (κ1) is 32.2. The lowest BCUT2D eigenvalue weighted by Gasteiger charge is -2.27. The Morgan fingerprint density at radius 3 is 2.02 bits per heavy atom. The quantitative estimate of drug-likeness (QED) is 0.342. The minimum absolute atomic E-state index is 0.0107. The number of nitrogens with zero attached hydrogens (tertiary/aromatic N) is 2. The number of benzene rings is 2. The van der Waals surface area contributed by atoms with Gasteiger partial charge in [-0.3, -0.25) is 19.2 Å². The Labute approximate surface area is 255 Å². The van der Waals surface area contributed by atoms with E-state index >= 15 is 0 Å². The molecule has 0 unspecified atom stereocenters. The summed E-state index contributed by atoms with van der Waals surface area (Å²) >= 11 is 0. The molecule has 2 fully saturated rings. The molecule has 4 amide bonds. The molecule has 2 saturated heterocycles. The normalized spacial score (nSPS) is 17.6. The van der Waals surface area contributed by atoms with E-state index in [1.54, 1.807) is 34.9 Å². The zero-order valence-corrected chi connectivity index (χ0v) is 25.9. The van der Waals surface area contributed by atoms with Crippen LogP contribution in [0.2, 0.25) is 0 Å². The van der Waals surface area contributed by atoms with Gasteiger partial charge in [-0.25, -0.2) is 0 Å². The van der Waals surface area contributed by atoms with Gasteiger partial charge in [-0.2, -0.15) is 0 Å². The molecule has 0 bridgehead atoms. The van der Waals surface area contributed by atoms with E-state index in [4.69, 9.17) is 0 Å². The molecule has 9 nitrogen and oxygen atoms in total. The lowest BCUT2D eigenvalue weighted by molar-refractivity contribution is -0.125. The van der Waals surface area contributed by atoms with Gasteiger partial charge in [-0.05, 0) is 61.3 Å². The van der Waals surface area contributed by atoms with E-state index in [0.29, 0.717) is 55.8 Å². The molecule has 0 radical (unpaired) electrons. The molecule has 43 heavy (non-hydrogen) atoms. The molecule has 2 aromatic rings. The minimum Gasteiger partial charge on any atom is -0.391 e. The highest BCUT2D eigenvalue weighted by molar-refractivity contribution is 6.03. The molecule has 3 N–H and O–H groups in total. The second-order valence-electron chi connectivity index (χ2n) is 13.1. The largest absolute Gasteiger partial charge is 0.391 e. The third kappa shape index (κ3) is 8.89. The van der Waals surface area contributed by atoms with E-state index in [1.165, 1.54) is 0 Å². The highest BCUT2D eigenvalue weighted by Crippen LogP contribution is 2.31. The van der Waals surface area contributed by atoms with Gasteiger partial charge in [0.15, 0.2) is 0 Å². The summed E-state index contributed by atoms with van der Waals surface area (Å²) in [6.07, 6.45) is 2.76. The smallest absolute Gasteiger partial charge is 0.251 e. The summed E-state index contributed by atoms with van der Waals surface area (Å²) in [5.41, 5.74) is 2.53. The number of rotatable bonds is 12. The van der Waals surface area contributed by atoms with Crippen molar-refractivity contribution < 1.29 is 24.3 Å². The van der Waals surface area contributed by atoms with E-state index in [0.717, 1.165) is 24.8 Å². The first-order valence-electron chi connectivity index (χ1n) is 15.5. The predicted molar refractivity (Wildman–Crippen MR) is 168 cm³/mol. The van der Waals surface area contributed by atoms with Crippen LogP contribution in [-0.2, 0) is 20.8 Å². The van der Waals surface area contributed by atoms with E-state index in [9.17, 15) is 24.3 Å². The Balaban J connectivity index is 1.54. The molecule has 2 heterocycles. The van der Waals surface area contributed by atoms with Crippen LogP contribution in [0.5, 0.6) is 0 Å². The van der Waals surface area contributed by atoms with Crippen LogP contribution in [0, 0.1) is 11.3 Å². The first-order chi connectivity index (χ1) is 20.4. The first-order valence-corrected chi connectivity index (χ1v) is 15.5. The molecule has 4 rings (SSSR count). The third-order valence-corrected chi connectivity index (χ3v) is 8.23. The Kier molecular flexibility index (Phi) is 10.6. The van der Waals surface area contributed by atoms with Gasteiger partial charge in [-0.15, -0.1) is 0 Å². The van der Waals surface area contributed by atoms with Crippen molar-refractivity contribution in [2.24, 2.45) is 11.3 Å². The molecule has 0 aromatic heterocycles. The monoisotopic (exact) mass is 590 g/mol. The highest BCUT2D eigenvalue weighted by atomic mass is 16.3. The molecular weight excluding hydrogens is 544 g/mol. The van der Waals surface area contributed by atoms with Crippen molar-refractivity contribution in [3.8, 4) is 0 Å². The zero-order chi connectivity index (χ0) is 31.1. The Bertz CT molecular complexity index is 1260. The van der Waals surface area contributed by atoms with Crippen LogP contribution in [0.1, 0.15) is 82.1 Å². The summed E-state index contributed by atoms with van der Waals surface area (Å²) in [5, 5.41) is 17.4. The van der Waals surface area contributed by atoms with Crippen LogP contribution in [-0.4, -0.2) is 60.5 Å². The number of aliphatic hydroxyl groups excluding tert-OH is 1. The SMILES string of the molecule is C[C@H](C[C@H](O)[C@H](Cc1ccccc1)NC(=O)c1cc(N2CCCC2=O)cc(N2CCCC2=O)c1)C(=O)NCCC(C)(C)C. The highest BCUT2D eigenvalue weighted by Gasteiger charge is 2.30. The average Bonchev–Trinajstić information content (AvgIpc) is 3.59. The number of carbonyl (C=O) groups is 4. The summed E-state index contributed by atoms with van der Waals surface area (Å²) in [6.45, 7) is 9.82. The van der Waals surface area contributed by atoms with Crippen LogP contribution in [0.3, 0.4) is 0 Å². The number of aliphatic hydroxyl groups is 1. The number of hydrogen-bond acceptors (Lipinski definition) is 5. The number of anilines is 2. The molecule has 0 saturated carbocycles. The fourth-order valence-electron chi connectivity index (χ4n) is 5.65. The summed E-state index contributed by atoms with van der Waals surface area (Å²) in [4.78, 5) is 55.1. The molecule has 0 spiro atoms. The van der Waals surface area contributed by atoms with Gasteiger partial charge in [0.1, 0.15) is 0 Å². The van der Waals surface area contributed by atoms with Crippen molar-refractivity contribution in [2.75, 3.05) is 29.4 Å². The van der Waals surface area contributed by atoms with Crippen molar-refractivity contribution in [2.45, 2.75) is 84.8 Å². The van der Waals surface area contributed by atoms with Gasteiger partial charge >= 0.3 is 0 Å². The maximum absolute atomic E-state index is 13.8. The van der Waals surface area contributed by atoms with E-state index in [1.807, 2.05) is 30.3 Å². The van der Waals surface area contributed by atoms with Crippen molar-refractivity contribution in [1.82, 2.24) is 10.6 Å². The van der Waals surface area contributed by atoms with Crippen molar-refractivity contribution >= 4 is 35.0 Å². The van der Waals surface area contributed by atoms with Gasteiger partial charge in [0, 0.05) is 55.3 Å². The fraction of sp³-hybridized carbons (Fsp3) is 0.529. The van der Waals surface area contributed by atoms with Crippen LogP contribution in [0.15, 0.2) is 48.5 Å². The van der Waals surface area contributed by atoms with E-state index in [-0.39, 0.29) is 29.6 Å². The molecule has 232 valence electrons. The van der Waals surface area contributed by atoms with Crippen molar-refractivity contribution in [3.63, 3.8) is 0 Å². The second-order valence-corrected chi connectivity index (χ2v) is 13.1. The molecule has 9 heteroatoms. The van der Waals surface area contributed by atoms with Crippen LogP contribution in [0.4, 0.5) is 11.4 Å². The van der Waals surface area contributed by atoms with Crippen molar-refractivity contribution in [1.29, 1.82) is 0 Å². The molecule has 2 aromatic carbocycles. The topological polar surface area (TPSA) is 119 Å². The van der Waals surface area contributed by atoms with Gasteiger partial charge < -0.3 is 25.5 Å². The average molecular weight is 591 g/mol. The summed E-state index contributed by atoms with van der Waals surface area (Å²) in [5.74, 6) is -1.02. The predicted octanol–water partition coefficient (Wildman–Crippen LogP) is 4.22. The van der Waals surface area contributed by atoms with Gasteiger partial charge in [-0.1, -0.05) is 58.0 Å². The van der Waals surface area contributed by atoms with Gasteiger partial charge in [0.25, 0.3) is 5.91 Å². The molecule has 0 aliphatic carbocycles. The van der Waals surface area contributed by atoms with E-state index < -0.39 is 24.0 Å². The summed E-state index contributed by atoms with van der Waals surface area (Å²) in [7, 11) is 0. The number of carbonyl (C=O) groups excluding carboxylic acids is 4. The second kappa shape index (κ2) is 14.2. The third-order valence-electron chi connectivity index (χ3n) is 8.23. The minimum atomic E-state index is -0.990. The van der Waals surface area contributed by atoms with Crippen LogP contribution < -0.4 is 20.4 Å². The van der Waals surface area contributed by atoms with Crippen LogP contribution in [0.25, 0.3) is 0 Å². The maximum atomic E-state index is 13.8. The maximum Gasteiger partial charge on any atom is 0.251 e. The van der Waals surface area contributed by atoms with Crippen molar-refractivity contribution in [3.05, 3.63) is 59.7 Å². The number of hydrogen-bond donors (Lipinski definition) is 3. The molecule has 3 atom stereocenters. The number of nitrogens with one attached hydrogen (secondary N) is 2. The lowest BCUT2D eigenvalue weighted by Crippen LogP contribution is -2.46. The van der Waals surface area contributed by atoms with Crippen LogP contribution >= 0.6 is 0 Å². The Morgan fingerprint density at radius 2 is 1.51 bits per heavy atom. The molecule has 2 aliphatic rings. The Morgan fingerprint density at radius 1 is 0.930 bits per heavy atom. The molecule has 2 aliphatic heterocycles. The lowest BCUT2D eigenvalue weighted by atomic mass is 9.91. The zero-order valence-electron chi connectivity index (χ0n) is 25.9. The Hall–Kier alpha value is -3.72.